The standard InChI is InChI=1S/C12H9F6NO/c1-7(20)19-9-4-2-8(3-5-9)10(12(16,17)18)6-11(13,14)15/h2-6H,1H3,(H,19,20)/b10-6+. The Morgan fingerprint density at radius 3 is 1.90 bits per heavy atom. The van der Waals surface area contributed by atoms with E-state index >= 15 is 0 Å². The quantitative estimate of drug-likeness (QED) is 0.816. The Kier molecular flexibility index (Phi) is 4.46. The summed E-state index contributed by atoms with van der Waals surface area (Å²) in [5.74, 6) is -0.445. The largest absolute Gasteiger partial charge is 0.417 e. The first kappa shape index (κ1) is 16.1. The van der Waals surface area contributed by atoms with Crippen LogP contribution in [0, 0.1) is 0 Å². The lowest BCUT2D eigenvalue weighted by Gasteiger charge is -2.14. The lowest BCUT2D eigenvalue weighted by Crippen LogP contribution is -2.15. The summed E-state index contributed by atoms with van der Waals surface area (Å²) in [7, 11) is 0. The molecule has 20 heavy (non-hydrogen) atoms. The van der Waals surface area contributed by atoms with Gasteiger partial charge in [0.05, 0.1) is 5.57 Å². The number of carbonyl (C=O) groups is 1. The maximum Gasteiger partial charge on any atom is 0.417 e. The van der Waals surface area contributed by atoms with Gasteiger partial charge in [-0.1, -0.05) is 12.1 Å². The Morgan fingerprint density at radius 2 is 1.55 bits per heavy atom. The van der Waals surface area contributed by atoms with Crippen molar-refractivity contribution in [2.24, 2.45) is 0 Å². The van der Waals surface area contributed by atoms with Crippen molar-refractivity contribution in [3.05, 3.63) is 35.9 Å². The highest BCUT2D eigenvalue weighted by Crippen LogP contribution is 2.37. The second-order valence-corrected chi connectivity index (χ2v) is 3.86. The van der Waals surface area contributed by atoms with Crippen LogP contribution >= 0.6 is 0 Å². The molecule has 1 amide bonds. The van der Waals surface area contributed by atoms with Crippen LogP contribution in [-0.2, 0) is 4.79 Å². The molecule has 0 heterocycles. The van der Waals surface area contributed by atoms with Crippen LogP contribution in [0.5, 0.6) is 0 Å². The van der Waals surface area contributed by atoms with Crippen molar-refractivity contribution in [1.29, 1.82) is 0 Å². The Labute approximate surface area is 110 Å². The second kappa shape index (κ2) is 5.56. The van der Waals surface area contributed by atoms with E-state index in [1.165, 1.54) is 6.92 Å². The SMILES string of the molecule is CC(=O)Nc1ccc(/C(=C\C(F)(F)F)C(F)(F)F)cc1. The maximum atomic E-state index is 12.6. The van der Waals surface area contributed by atoms with Crippen LogP contribution in [0.15, 0.2) is 30.3 Å². The van der Waals surface area contributed by atoms with Crippen LogP contribution in [0.2, 0.25) is 0 Å². The van der Waals surface area contributed by atoms with Gasteiger partial charge in [-0.05, 0) is 17.7 Å². The van der Waals surface area contributed by atoms with Crippen molar-refractivity contribution in [3.63, 3.8) is 0 Å². The van der Waals surface area contributed by atoms with E-state index in [2.05, 4.69) is 5.32 Å². The van der Waals surface area contributed by atoms with Gasteiger partial charge in [-0.3, -0.25) is 4.79 Å². The fourth-order valence-corrected chi connectivity index (χ4v) is 1.43. The summed E-state index contributed by atoms with van der Waals surface area (Å²) in [5.41, 5.74) is -2.24. The monoisotopic (exact) mass is 297 g/mol. The summed E-state index contributed by atoms with van der Waals surface area (Å²) in [6.07, 6.45) is -11.0. The molecule has 0 fully saturated rings. The summed E-state index contributed by atoms with van der Waals surface area (Å²) in [6.45, 7) is 1.19. The number of amides is 1. The first-order chi connectivity index (χ1) is 8.99. The number of hydrogen-bond acceptors (Lipinski definition) is 1. The Hall–Kier alpha value is -1.99. The van der Waals surface area contributed by atoms with Gasteiger partial charge in [-0.25, -0.2) is 0 Å². The van der Waals surface area contributed by atoms with Crippen LogP contribution in [-0.4, -0.2) is 18.3 Å². The Bertz CT molecular complexity index is 512. The third-order valence-corrected chi connectivity index (χ3v) is 2.13. The Morgan fingerprint density at radius 1 is 1.05 bits per heavy atom. The zero-order chi connectivity index (χ0) is 15.6. The molecule has 0 unspecified atom stereocenters. The zero-order valence-corrected chi connectivity index (χ0v) is 10.1. The van der Waals surface area contributed by atoms with Crippen molar-refractivity contribution < 1.29 is 31.1 Å². The lowest BCUT2D eigenvalue weighted by atomic mass is 10.0. The van der Waals surface area contributed by atoms with Crippen molar-refractivity contribution in [3.8, 4) is 0 Å². The fourth-order valence-electron chi connectivity index (χ4n) is 1.43. The molecule has 110 valence electrons. The van der Waals surface area contributed by atoms with Crippen molar-refractivity contribution >= 4 is 17.2 Å². The van der Waals surface area contributed by atoms with Crippen LogP contribution in [0.4, 0.5) is 32.0 Å². The van der Waals surface area contributed by atoms with Gasteiger partial charge in [0.15, 0.2) is 0 Å². The van der Waals surface area contributed by atoms with Crippen molar-refractivity contribution in [1.82, 2.24) is 0 Å². The highest BCUT2D eigenvalue weighted by molar-refractivity contribution is 5.88. The molecule has 1 N–H and O–H groups in total. The highest BCUT2D eigenvalue weighted by Gasteiger charge is 2.39. The van der Waals surface area contributed by atoms with E-state index in [0.717, 1.165) is 24.3 Å². The minimum Gasteiger partial charge on any atom is -0.326 e. The van der Waals surface area contributed by atoms with E-state index in [0.29, 0.717) is 0 Å². The van der Waals surface area contributed by atoms with Gasteiger partial charge >= 0.3 is 12.4 Å². The summed E-state index contributed by atoms with van der Waals surface area (Å²) in [4.78, 5) is 10.7. The number of rotatable bonds is 2. The predicted octanol–water partition coefficient (Wildman–Crippen LogP) is 4.15. The number of benzene rings is 1. The van der Waals surface area contributed by atoms with Crippen LogP contribution in [0.3, 0.4) is 0 Å². The molecule has 0 saturated carbocycles. The van der Waals surface area contributed by atoms with E-state index in [4.69, 9.17) is 0 Å². The lowest BCUT2D eigenvalue weighted by molar-refractivity contribution is -0.114. The molecular weight excluding hydrogens is 288 g/mol. The van der Waals surface area contributed by atoms with Gasteiger partial charge in [-0.2, -0.15) is 26.3 Å². The first-order valence-corrected chi connectivity index (χ1v) is 5.24. The van der Waals surface area contributed by atoms with Gasteiger partial charge in [0, 0.05) is 18.7 Å². The third kappa shape index (κ3) is 4.94. The molecule has 1 aromatic carbocycles. The zero-order valence-electron chi connectivity index (χ0n) is 10.1. The number of alkyl halides is 6. The Balaban J connectivity index is 3.17. The number of hydrogen-bond donors (Lipinski definition) is 1. The van der Waals surface area contributed by atoms with Crippen LogP contribution < -0.4 is 5.32 Å². The first-order valence-electron chi connectivity index (χ1n) is 5.24. The van der Waals surface area contributed by atoms with Gasteiger partial charge in [-0.15, -0.1) is 0 Å². The second-order valence-electron chi connectivity index (χ2n) is 3.86. The molecule has 8 heteroatoms. The molecule has 0 atom stereocenters. The van der Waals surface area contributed by atoms with Gasteiger partial charge < -0.3 is 5.32 Å². The minimum absolute atomic E-state index is 0.190. The smallest absolute Gasteiger partial charge is 0.326 e. The molecule has 2 nitrogen and oxygen atoms in total. The number of anilines is 1. The molecule has 0 radical (unpaired) electrons. The van der Waals surface area contributed by atoms with Crippen LogP contribution in [0.25, 0.3) is 5.57 Å². The topological polar surface area (TPSA) is 29.1 Å². The molecule has 0 spiro atoms. The van der Waals surface area contributed by atoms with Crippen molar-refractivity contribution in [2.45, 2.75) is 19.3 Å². The normalized spacial score (nSPS) is 13.2. The summed E-state index contributed by atoms with van der Waals surface area (Å²) in [6, 6.07) is 3.89. The molecule has 0 aliphatic rings. The molecule has 0 aliphatic carbocycles. The number of carbonyl (C=O) groups excluding carboxylic acids is 1. The van der Waals surface area contributed by atoms with E-state index in [-0.39, 0.29) is 5.69 Å². The summed E-state index contributed by atoms with van der Waals surface area (Å²) >= 11 is 0. The fraction of sp³-hybridized carbons (Fsp3) is 0.250. The van der Waals surface area contributed by atoms with E-state index in [9.17, 15) is 31.1 Å². The highest BCUT2D eigenvalue weighted by atomic mass is 19.4. The summed E-state index contributed by atoms with van der Waals surface area (Å²) < 4.78 is 74.2. The molecule has 0 bridgehead atoms. The number of allylic oxidation sites excluding steroid dienone is 2. The van der Waals surface area contributed by atoms with Crippen molar-refractivity contribution in [2.75, 3.05) is 5.32 Å². The minimum atomic E-state index is -5.13. The van der Waals surface area contributed by atoms with Gasteiger partial charge in [0.25, 0.3) is 0 Å². The van der Waals surface area contributed by atoms with Gasteiger partial charge in [0.2, 0.25) is 5.91 Å². The molecule has 1 rings (SSSR count). The van der Waals surface area contributed by atoms with E-state index in [1.54, 1.807) is 0 Å². The molecular formula is C12H9F6NO. The molecule has 0 saturated heterocycles. The maximum absolute atomic E-state index is 12.6. The van der Waals surface area contributed by atoms with Crippen LogP contribution in [0.1, 0.15) is 12.5 Å². The third-order valence-electron chi connectivity index (χ3n) is 2.13. The van der Waals surface area contributed by atoms with Gasteiger partial charge in [0.1, 0.15) is 0 Å². The molecule has 0 aliphatic heterocycles. The molecule has 0 aromatic heterocycles. The number of halogens is 6. The summed E-state index contributed by atoms with van der Waals surface area (Å²) in [5, 5.41) is 2.30. The average molecular weight is 297 g/mol. The predicted molar refractivity (Wildman–Crippen MR) is 60.8 cm³/mol. The van der Waals surface area contributed by atoms with E-state index < -0.39 is 35.5 Å². The van der Waals surface area contributed by atoms with E-state index in [1.807, 2.05) is 0 Å². The molecule has 1 aromatic rings. The average Bonchev–Trinajstić information content (AvgIpc) is 2.24. The number of nitrogens with one attached hydrogen (secondary N) is 1.